The van der Waals surface area contributed by atoms with Crippen molar-refractivity contribution in [3.63, 3.8) is 0 Å². The quantitative estimate of drug-likeness (QED) is 0.410. The molecule has 0 bridgehead atoms. The Balaban J connectivity index is 1.98. The molecule has 138 valence electrons. The third-order valence-electron chi connectivity index (χ3n) is 3.57. The lowest BCUT2D eigenvalue weighted by Crippen LogP contribution is -2.31. The summed E-state index contributed by atoms with van der Waals surface area (Å²) in [7, 11) is 1.59. The average molecular weight is 357 g/mol. The van der Waals surface area contributed by atoms with Crippen LogP contribution >= 0.6 is 0 Å². The van der Waals surface area contributed by atoms with Gasteiger partial charge in [0, 0.05) is 0 Å². The zero-order valence-electron chi connectivity index (χ0n) is 15.1. The number of carbonyl (C=O) groups is 1. The van der Waals surface area contributed by atoms with Gasteiger partial charge in [-0.1, -0.05) is 37.9 Å². The molecule has 8 heteroatoms. The molecule has 0 aliphatic carbocycles. The van der Waals surface area contributed by atoms with E-state index in [1.54, 1.807) is 13.2 Å². The van der Waals surface area contributed by atoms with E-state index < -0.39 is 6.03 Å². The fourth-order valence-corrected chi connectivity index (χ4v) is 2.18. The van der Waals surface area contributed by atoms with Crippen molar-refractivity contribution in [1.29, 1.82) is 0 Å². The van der Waals surface area contributed by atoms with E-state index in [9.17, 15) is 4.79 Å². The zero-order chi connectivity index (χ0) is 18.8. The lowest BCUT2D eigenvalue weighted by atomic mass is 10.2. The Bertz CT molecular complexity index is 740. The number of amidine groups is 1. The van der Waals surface area contributed by atoms with Crippen molar-refractivity contribution in [3.8, 4) is 11.5 Å². The van der Waals surface area contributed by atoms with Gasteiger partial charge in [-0.3, -0.25) is 5.32 Å². The minimum atomic E-state index is -0.603. The number of hydrogen-bond donors (Lipinski definition) is 1. The molecule has 1 aromatic rings. The minimum absolute atomic E-state index is 0.167. The molecule has 1 heterocycles. The SMILES string of the molecule is C=C1N=NC(=O)N/C1=N/N=C/c1ccc(OCCCCCC)c(OC)c1. The van der Waals surface area contributed by atoms with Gasteiger partial charge in [-0.05, 0) is 30.2 Å². The number of nitrogens with zero attached hydrogens (tertiary/aromatic N) is 4. The number of azo groups is 1. The maximum absolute atomic E-state index is 11.1. The molecule has 0 fully saturated rings. The normalized spacial score (nSPS) is 15.5. The lowest BCUT2D eigenvalue weighted by Gasteiger charge is -2.11. The summed E-state index contributed by atoms with van der Waals surface area (Å²) in [6.07, 6.45) is 6.12. The predicted octanol–water partition coefficient (Wildman–Crippen LogP) is 4.08. The van der Waals surface area contributed by atoms with Crippen LogP contribution in [-0.4, -0.2) is 31.8 Å². The first-order chi connectivity index (χ1) is 12.6. The molecule has 26 heavy (non-hydrogen) atoms. The fourth-order valence-electron chi connectivity index (χ4n) is 2.18. The molecule has 0 aromatic heterocycles. The maximum atomic E-state index is 11.1. The predicted molar refractivity (Wildman–Crippen MR) is 100 cm³/mol. The zero-order valence-corrected chi connectivity index (χ0v) is 15.1. The highest BCUT2D eigenvalue weighted by Gasteiger charge is 2.14. The smallest absolute Gasteiger partial charge is 0.365 e. The molecule has 0 unspecified atom stereocenters. The molecule has 1 aliphatic heterocycles. The van der Waals surface area contributed by atoms with Crippen molar-refractivity contribution in [3.05, 3.63) is 36.0 Å². The van der Waals surface area contributed by atoms with Crippen LogP contribution in [0.15, 0.2) is 50.9 Å². The second-order valence-electron chi connectivity index (χ2n) is 5.59. The highest BCUT2D eigenvalue weighted by molar-refractivity contribution is 6.08. The number of amides is 2. The second kappa shape index (κ2) is 10.1. The first kappa shape index (κ1) is 19.3. The van der Waals surface area contributed by atoms with Gasteiger partial charge in [-0.25, -0.2) is 4.79 Å². The number of rotatable bonds is 9. The van der Waals surface area contributed by atoms with Gasteiger partial charge in [0.05, 0.1) is 19.9 Å². The molecule has 2 rings (SSSR count). The highest BCUT2D eigenvalue weighted by Crippen LogP contribution is 2.27. The number of methoxy groups -OCH3 is 1. The Hall–Kier alpha value is -3.03. The summed E-state index contributed by atoms with van der Waals surface area (Å²) in [6, 6.07) is 4.89. The molecule has 8 nitrogen and oxygen atoms in total. The molecular formula is C18H23N5O3. The number of benzene rings is 1. The topological polar surface area (TPSA) is 97.0 Å². The molecule has 0 spiro atoms. The van der Waals surface area contributed by atoms with Crippen molar-refractivity contribution in [2.24, 2.45) is 20.4 Å². The van der Waals surface area contributed by atoms with Gasteiger partial charge < -0.3 is 9.47 Å². The van der Waals surface area contributed by atoms with E-state index in [1.165, 1.54) is 19.1 Å². The Kier molecular flexibility index (Phi) is 7.48. The van der Waals surface area contributed by atoms with Crippen LogP contribution in [0.5, 0.6) is 11.5 Å². The Morgan fingerprint density at radius 2 is 2.08 bits per heavy atom. The first-order valence-electron chi connectivity index (χ1n) is 8.48. The second-order valence-corrected chi connectivity index (χ2v) is 5.59. The van der Waals surface area contributed by atoms with Gasteiger partial charge in [0.1, 0.15) is 5.70 Å². The van der Waals surface area contributed by atoms with E-state index in [2.05, 4.69) is 39.3 Å². The van der Waals surface area contributed by atoms with E-state index in [0.717, 1.165) is 18.4 Å². The highest BCUT2D eigenvalue weighted by atomic mass is 16.5. The molecule has 1 aliphatic rings. The van der Waals surface area contributed by atoms with Gasteiger partial charge in [0.25, 0.3) is 0 Å². The van der Waals surface area contributed by atoms with Crippen LogP contribution in [0.1, 0.15) is 38.2 Å². The van der Waals surface area contributed by atoms with E-state index in [4.69, 9.17) is 9.47 Å². The molecule has 1 N–H and O–H groups in total. The van der Waals surface area contributed by atoms with E-state index in [-0.39, 0.29) is 11.5 Å². The summed E-state index contributed by atoms with van der Waals surface area (Å²) in [5, 5.41) is 17.1. The van der Waals surface area contributed by atoms with Crippen LogP contribution in [0.4, 0.5) is 4.79 Å². The summed E-state index contributed by atoms with van der Waals surface area (Å²) in [6.45, 7) is 6.46. The van der Waals surface area contributed by atoms with Crippen LogP contribution in [0.3, 0.4) is 0 Å². The van der Waals surface area contributed by atoms with Gasteiger partial charge in [0.15, 0.2) is 17.3 Å². The molecule has 0 saturated heterocycles. The van der Waals surface area contributed by atoms with Crippen LogP contribution in [-0.2, 0) is 0 Å². The number of hydrogen-bond acceptors (Lipinski definition) is 6. The minimum Gasteiger partial charge on any atom is -0.493 e. The van der Waals surface area contributed by atoms with Crippen molar-refractivity contribution in [1.82, 2.24) is 5.32 Å². The fraction of sp³-hybridized carbons (Fsp3) is 0.389. The van der Waals surface area contributed by atoms with Crippen LogP contribution in [0, 0.1) is 0 Å². The Labute approximate surface area is 152 Å². The number of carbonyl (C=O) groups excluding carboxylic acids is 1. The van der Waals surface area contributed by atoms with Crippen molar-refractivity contribution in [2.75, 3.05) is 13.7 Å². The van der Waals surface area contributed by atoms with Crippen LogP contribution in [0.2, 0.25) is 0 Å². The van der Waals surface area contributed by atoms with E-state index in [1.807, 2.05) is 12.1 Å². The molecule has 0 saturated carbocycles. The number of ether oxygens (including phenoxy) is 2. The molecule has 0 atom stereocenters. The lowest BCUT2D eigenvalue weighted by molar-refractivity contribution is 0.251. The standard InChI is InChI=1S/C18H23N5O3/c1-4-5-6-7-10-26-15-9-8-14(11-16(15)25-3)12-19-22-17-13(2)21-23-18(24)20-17/h8-9,11-12H,2,4-7,10H2,1,3H3,(H,20,22,24)/b19-12+. The van der Waals surface area contributed by atoms with Crippen LogP contribution in [0.25, 0.3) is 0 Å². The number of urea groups is 1. The van der Waals surface area contributed by atoms with Crippen molar-refractivity contribution >= 4 is 18.1 Å². The van der Waals surface area contributed by atoms with Gasteiger partial charge in [-0.2, -0.15) is 5.10 Å². The van der Waals surface area contributed by atoms with E-state index in [0.29, 0.717) is 18.1 Å². The van der Waals surface area contributed by atoms with Crippen LogP contribution < -0.4 is 14.8 Å². The first-order valence-corrected chi connectivity index (χ1v) is 8.48. The number of unbranched alkanes of at least 4 members (excludes halogenated alkanes) is 3. The van der Waals surface area contributed by atoms with Crippen molar-refractivity contribution < 1.29 is 14.3 Å². The Morgan fingerprint density at radius 1 is 1.23 bits per heavy atom. The summed E-state index contributed by atoms with van der Waals surface area (Å²) in [4.78, 5) is 11.1. The maximum Gasteiger partial charge on any atom is 0.365 e. The van der Waals surface area contributed by atoms with Crippen molar-refractivity contribution in [2.45, 2.75) is 32.6 Å². The molecular weight excluding hydrogens is 334 g/mol. The third kappa shape index (κ3) is 5.80. The third-order valence-corrected chi connectivity index (χ3v) is 3.57. The summed E-state index contributed by atoms with van der Waals surface area (Å²) in [5.74, 6) is 1.49. The van der Waals surface area contributed by atoms with E-state index >= 15 is 0 Å². The van der Waals surface area contributed by atoms with Gasteiger partial charge in [-0.15, -0.1) is 10.2 Å². The largest absolute Gasteiger partial charge is 0.493 e. The molecule has 2 amide bonds. The molecule has 1 aromatic carbocycles. The summed E-state index contributed by atoms with van der Waals surface area (Å²) >= 11 is 0. The molecule has 0 radical (unpaired) electrons. The summed E-state index contributed by atoms with van der Waals surface area (Å²) in [5.41, 5.74) is 1.02. The monoisotopic (exact) mass is 357 g/mol. The Morgan fingerprint density at radius 3 is 2.85 bits per heavy atom. The summed E-state index contributed by atoms with van der Waals surface area (Å²) < 4.78 is 11.1. The van der Waals surface area contributed by atoms with Gasteiger partial charge >= 0.3 is 6.03 Å². The van der Waals surface area contributed by atoms with Gasteiger partial charge in [0.2, 0.25) is 0 Å². The number of nitrogens with one attached hydrogen (secondary N) is 1. The average Bonchev–Trinajstić information content (AvgIpc) is 2.65.